The van der Waals surface area contributed by atoms with E-state index in [9.17, 15) is 22.4 Å². The van der Waals surface area contributed by atoms with Crippen LogP contribution in [-0.2, 0) is 26.2 Å². The summed E-state index contributed by atoms with van der Waals surface area (Å²) in [7, 11) is -4.29. The number of rotatable bonds is 10. The van der Waals surface area contributed by atoms with Crippen LogP contribution in [-0.4, -0.2) is 43.8 Å². The average Bonchev–Trinajstić information content (AvgIpc) is 2.88. The first-order chi connectivity index (χ1) is 18.3. The number of amides is 2. The van der Waals surface area contributed by atoms with Crippen molar-refractivity contribution in [1.82, 2.24) is 10.2 Å². The van der Waals surface area contributed by atoms with Crippen LogP contribution in [0, 0.1) is 12.7 Å². The molecular formula is C28H30Cl2FN3O4S. The monoisotopic (exact) mass is 593 g/mol. The third-order valence-electron chi connectivity index (χ3n) is 5.95. The molecule has 0 saturated heterocycles. The standard InChI is InChI=1S/C28H30Cl2FN3O4S/c1-18(2)32-28(36)20(4)33(16-21-10-12-22(31)13-11-21)26(35)17-34(25-7-5-6-24(29)27(25)30)39(37,38)23-14-8-19(3)9-15-23/h5-15,18,20H,16-17H2,1-4H3,(H,32,36). The van der Waals surface area contributed by atoms with Crippen molar-refractivity contribution >= 4 is 50.7 Å². The zero-order chi connectivity index (χ0) is 28.9. The average molecular weight is 595 g/mol. The van der Waals surface area contributed by atoms with Gasteiger partial charge in [-0.15, -0.1) is 0 Å². The minimum absolute atomic E-state index is 0.0131. The number of halogens is 3. The second kappa shape index (κ2) is 12.8. The van der Waals surface area contributed by atoms with Crippen molar-refractivity contribution in [2.75, 3.05) is 10.8 Å². The van der Waals surface area contributed by atoms with Crippen LogP contribution in [0.3, 0.4) is 0 Å². The minimum atomic E-state index is -4.29. The fraction of sp³-hybridized carbons (Fsp3) is 0.286. The normalized spacial score (nSPS) is 12.2. The second-order valence-corrected chi connectivity index (χ2v) is 12.0. The molecule has 0 fully saturated rings. The molecule has 1 N–H and O–H groups in total. The lowest BCUT2D eigenvalue weighted by Gasteiger charge is -2.32. The maximum Gasteiger partial charge on any atom is 0.264 e. The van der Waals surface area contributed by atoms with Gasteiger partial charge < -0.3 is 10.2 Å². The summed E-state index contributed by atoms with van der Waals surface area (Å²) in [4.78, 5) is 28.0. The van der Waals surface area contributed by atoms with E-state index in [4.69, 9.17) is 23.2 Å². The van der Waals surface area contributed by atoms with E-state index in [0.29, 0.717) is 5.56 Å². The summed E-state index contributed by atoms with van der Waals surface area (Å²) in [5, 5.41) is 2.84. The van der Waals surface area contributed by atoms with E-state index in [2.05, 4.69) is 5.32 Å². The SMILES string of the molecule is Cc1ccc(S(=O)(=O)N(CC(=O)N(Cc2ccc(F)cc2)C(C)C(=O)NC(C)C)c2cccc(Cl)c2Cl)cc1. The summed E-state index contributed by atoms with van der Waals surface area (Å²) in [6, 6.07) is 15.0. The summed E-state index contributed by atoms with van der Waals surface area (Å²) in [5.74, 6) is -1.54. The molecule has 0 heterocycles. The highest BCUT2D eigenvalue weighted by atomic mass is 35.5. The largest absolute Gasteiger partial charge is 0.352 e. The van der Waals surface area contributed by atoms with Crippen LogP contribution in [0.5, 0.6) is 0 Å². The van der Waals surface area contributed by atoms with Gasteiger partial charge in [0.25, 0.3) is 10.0 Å². The van der Waals surface area contributed by atoms with Crippen molar-refractivity contribution in [2.24, 2.45) is 0 Å². The molecule has 0 aliphatic heterocycles. The Hall–Kier alpha value is -3.14. The van der Waals surface area contributed by atoms with Gasteiger partial charge in [0.05, 0.1) is 20.6 Å². The number of hydrogen-bond donors (Lipinski definition) is 1. The van der Waals surface area contributed by atoms with Gasteiger partial charge in [0.15, 0.2) is 0 Å². The molecule has 0 aliphatic carbocycles. The van der Waals surface area contributed by atoms with Crippen LogP contribution < -0.4 is 9.62 Å². The Labute approximate surface area is 238 Å². The molecule has 208 valence electrons. The molecule has 3 rings (SSSR count). The summed E-state index contributed by atoms with van der Waals surface area (Å²) < 4.78 is 42.1. The van der Waals surface area contributed by atoms with Gasteiger partial charge in [-0.25, -0.2) is 12.8 Å². The molecule has 0 spiro atoms. The van der Waals surface area contributed by atoms with Gasteiger partial charge in [-0.1, -0.05) is 59.1 Å². The molecule has 11 heteroatoms. The highest BCUT2D eigenvalue weighted by Gasteiger charge is 2.33. The molecule has 2 amide bonds. The zero-order valence-corrected chi connectivity index (χ0v) is 24.3. The molecule has 0 aromatic heterocycles. The van der Waals surface area contributed by atoms with Gasteiger partial charge in [-0.3, -0.25) is 13.9 Å². The number of carbonyl (C=O) groups excluding carboxylic acids is 2. The lowest BCUT2D eigenvalue weighted by atomic mass is 10.1. The molecule has 39 heavy (non-hydrogen) atoms. The van der Waals surface area contributed by atoms with Crippen LogP contribution in [0.4, 0.5) is 10.1 Å². The molecule has 1 atom stereocenters. The number of benzene rings is 3. The molecule has 0 radical (unpaired) electrons. The summed E-state index contributed by atoms with van der Waals surface area (Å²) in [6.45, 7) is 6.21. The predicted molar refractivity (Wildman–Crippen MR) is 152 cm³/mol. The Kier molecular flexibility index (Phi) is 9.98. The lowest BCUT2D eigenvalue weighted by Crippen LogP contribution is -2.52. The zero-order valence-electron chi connectivity index (χ0n) is 22.0. The molecule has 3 aromatic carbocycles. The van der Waals surface area contributed by atoms with Crippen molar-refractivity contribution in [3.05, 3.63) is 93.7 Å². The van der Waals surface area contributed by atoms with Crippen LogP contribution >= 0.6 is 23.2 Å². The maximum atomic E-state index is 13.8. The van der Waals surface area contributed by atoms with Gasteiger partial charge in [0.1, 0.15) is 18.4 Å². The van der Waals surface area contributed by atoms with E-state index in [0.717, 1.165) is 9.87 Å². The van der Waals surface area contributed by atoms with E-state index in [-0.39, 0.29) is 33.2 Å². The van der Waals surface area contributed by atoms with Crippen molar-refractivity contribution in [3.8, 4) is 0 Å². The topological polar surface area (TPSA) is 86.8 Å². The third kappa shape index (κ3) is 7.50. The number of nitrogens with one attached hydrogen (secondary N) is 1. The minimum Gasteiger partial charge on any atom is -0.352 e. The number of nitrogens with zero attached hydrogens (tertiary/aromatic N) is 2. The van der Waals surface area contributed by atoms with E-state index in [1.807, 2.05) is 6.92 Å². The fourth-order valence-corrected chi connectivity index (χ4v) is 5.68. The van der Waals surface area contributed by atoms with E-state index in [1.165, 1.54) is 59.5 Å². The van der Waals surface area contributed by atoms with Crippen LogP contribution in [0.1, 0.15) is 31.9 Å². The third-order valence-corrected chi connectivity index (χ3v) is 8.54. The number of carbonyl (C=O) groups is 2. The summed E-state index contributed by atoms with van der Waals surface area (Å²) in [5.41, 5.74) is 1.43. The van der Waals surface area contributed by atoms with E-state index in [1.54, 1.807) is 32.9 Å². The second-order valence-electron chi connectivity index (χ2n) is 9.39. The lowest BCUT2D eigenvalue weighted by molar-refractivity contribution is -0.139. The maximum absolute atomic E-state index is 13.8. The smallest absolute Gasteiger partial charge is 0.264 e. The molecule has 3 aromatic rings. The molecule has 0 aliphatic rings. The first kappa shape index (κ1) is 30.4. The predicted octanol–water partition coefficient (Wildman–Crippen LogP) is 5.58. The molecule has 0 bridgehead atoms. The Morgan fingerprint density at radius 1 is 0.949 bits per heavy atom. The van der Waals surface area contributed by atoms with E-state index < -0.39 is 40.2 Å². The van der Waals surface area contributed by atoms with Crippen LogP contribution in [0.25, 0.3) is 0 Å². The van der Waals surface area contributed by atoms with Gasteiger partial charge in [-0.05, 0) is 69.7 Å². The van der Waals surface area contributed by atoms with Crippen LogP contribution in [0.2, 0.25) is 10.0 Å². The van der Waals surface area contributed by atoms with Crippen molar-refractivity contribution in [1.29, 1.82) is 0 Å². The van der Waals surface area contributed by atoms with Gasteiger partial charge in [-0.2, -0.15) is 0 Å². The summed E-state index contributed by atoms with van der Waals surface area (Å²) in [6.07, 6.45) is 0. The Balaban J connectivity index is 2.07. The van der Waals surface area contributed by atoms with Gasteiger partial charge in [0.2, 0.25) is 11.8 Å². The highest BCUT2D eigenvalue weighted by molar-refractivity contribution is 7.92. The molecular weight excluding hydrogens is 564 g/mol. The van der Waals surface area contributed by atoms with Crippen molar-refractivity contribution < 1.29 is 22.4 Å². The molecule has 1 unspecified atom stereocenters. The van der Waals surface area contributed by atoms with Gasteiger partial charge in [0, 0.05) is 12.6 Å². The van der Waals surface area contributed by atoms with Gasteiger partial charge >= 0.3 is 0 Å². The van der Waals surface area contributed by atoms with Crippen LogP contribution in [0.15, 0.2) is 71.6 Å². The fourth-order valence-electron chi connectivity index (χ4n) is 3.81. The Bertz CT molecular complexity index is 1430. The Morgan fingerprint density at radius 2 is 1.56 bits per heavy atom. The summed E-state index contributed by atoms with van der Waals surface area (Å²) >= 11 is 12.6. The first-order valence-electron chi connectivity index (χ1n) is 12.2. The molecule has 0 saturated carbocycles. The van der Waals surface area contributed by atoms with Crippen molar-refractivity contribution in [3.63, 3.8) is 0 Å². The first-order valence-corrected chi connectivity index (χ1v) is 14.4. The number of sulfonamides is 1. The number of aryl methyl sites for hydroxylation is 1. The quantitative estimate of drug-likeness (QED) is 0.332. The molecule has 7 nitrogen and oxygen atoms in total. The number of hydrogen-bond acceptors (Lipinski definition) is 4. The van der Waals surface area contributed by atoms with Crippen molar-refractivity contribution in [2.45, 2.75) is 51.2 Å². The highest BCUT2D eigenvalue weighted by Crippen LogP contribution is 2.35. The van der Waals surface area contributed by atoms with E-state index >= 15 is 0 Å². The number of anilines is 1. The Morgan fingerprint density at radius 3 is 2.15 bits per heavy atom.